The summed E-state index contributed by atoms with van der Waals surface area (Å²) in [5.74, 6) is -0.929. The molecular weight excluding hydrogens is 302 g/mol. The van der Waals surface area contributed by atoms with Crippen molar-refractivity contribution in [3.8, 4) is 6.07 Å². The van der Waals surface area contributed by atoms with Gasteiger partial charge in [-0.1, -0.05) is 32.4 Å². The molecule has 0 aliphatic heterocycles. The molecule has 1 heterocycles. The number of anilines is 1. The zero-order valence-corrected chi connectivity index (χ0v) is 13.5. The zero-order chi connectivity index (χ0) is 16.7. The van der Waals surface area contributed by atoms with E-state index in [0.717, 1.165) is 0 Å². The fraction of sp³-hybridized carbons (Fsp3) is 0.375. The number of carbonyl (C=O) groups is 1. The lowest BCUT2D eigenvalue weighted by molar-refractivity contribution is -0.144. The maximum absolute atomic E-state index is 11.8. The molecule has 22 heavy (non-hydrogen) atoms. The SMILES string of the molecule is CC(C)(C)C(C(=O)O)n1cc(CC#N)c2c(N)c(Cl)ccc21. The molecule has 0 amide bonds. The molecule has 0 bridgehead atoms. The van der Waals surface area contributed by atoms with E-state index in [0.29, 0.717) is 27.2 Å². The molecule has 1 aromatic heterocycles. The van der Waals surface area contributed by atoms with Crippen molar-refractivity contribution >= 4 is 34.2 Å². The van der Waals surface area contributed by atoms with Crippen LogP contribution in [-0.2, 0) is 11.2 Å². The predicted molar refractivity (Wildman–Crippen MR) is 86.8 cm³/mol. The largest absolute Gasteiger partial charge is 0.480 e. The van der Waals surface area contributed by atoms with Gasteiger partial charge in [0.15, 0.2) is 0 Å². The first-order chi connectivity index (χ1) is 10.2. The second-order valence-corrected chi connectivity index (χ2v) is 6.77. The normalized spacial score (nSPS) is 13.0. The molecule has 0 radical (unpaired) electrons. The minimum Gasteiger partial charge on any atom is -0.480 e. The van der Waals surface area contributed by atoms with Crippen molar-refractivity contribution in [3.05, 3.63) is 28.9 Å². The van der Waals surface area contributed by atoms with Crippen LogP contribution in [0.3, 0.4) is 0 Å². The number of nitrogens with two attached hydrogens (primary N) is 1. The quantitative estimate of drug-likeness (QED) is 0.845. The van der Waals surface area contributed by atoms with Crippen LogP contribution in [0, 0.1) is 16.7 Å². The van der Waals surface area contributed by atoms with Gasteiger partial charge in [0.05, 0.1) is 28.7 Å². The van der Waals surface area contributed by atoms with E-state index in [9.17, 15) is 9.90 Å². The Balaban J connectivity index is 2.83. The molecular formula is C16H18ClN3O2. The van der Waals surface area contributed by atoms with E-state index in [4.69, 9.17) is 22.6 Å². The highest BCUT2D eigenvalue weighted by Crippen LogP contribution is 2.39. The van der Waals surface area contributed by atoms with Crippen LogP contribution in [0.25, 0.3) is 10.9 Å². The van der Waals surface area contributed by atoms with Gasteiger partial charge in [-0.3, -0.25) is 0 Å². The van der Waals surface area contributed by atoms with Gasteiger partial charge >= 0.3 is 5.97 Å². The number of rotatable bonds is 3. The average Bonchev–Trinajstić information content (AvgIpc) is 2.71. The Morgan fingerprint density at radius 3 is 2.64 bits per heavy atom. The lowest BCUT2D eigenvalue weighted by atomic mass is 9.86. The summed E-state index contributed by atoms with van der Waals surface area (Å²) in [7, 11) is 0. The summed E-state index contributed by atoms with van der Waals surface area (Å²) in [4.78, 5) is 11.8. The predicted octanol–water partition coefficient (Wildman–Crippen LogP) is 3.61. The number of benzene rings is 1. The smallest absolute Gasteiger partial charge is 0.327 e. The van der Waals surface area contributed by atoms with Crippen LogP contribution in [0.5, 0.6) is 0 Å². The van der Waals surface area contributed by atoms with Crippen molar-refractivity contribution in [1.29, 1.82) is 5.26 Å². The zero-order valence-electron chi connectivity index (χ0n) is 12.7. The Bertz CT molecular complexity index is 781. The van der Waals surface area contributed by atoms with E-state index >= 15 is 0 Å². The van der Waals surface area contributed by atoms with Gasteiger partial charge in [0, 0.05) is 11.6 Å². The number of carboxylic acid groups (broad SMARTS) is 1. The fourth-order valence-electron chi connectivity index (χ4n) is 2.78. The molecule has 0 aliphatic carbocycles. The molecule has 0 saturated carbocycles. The van der Waals surface area contributed by atoms with E-state index in [1.165, 1.54) is 0 Å². The molecule has 3 N–H and O–H groups in total. The highest BCUT2D eigenvalue weighted by molar-refractivity contribution is 6.34. The van der Waals surface area contributed by atoms with Gasteiger partial charge in [0.25, 0.3) is 0 Å². The van der Waals surface area contributed by atoms with Crippen molar-refractivity contribution in [2.45, 2.75) is 33.2 Å². The second kappa shape index (κ2) is 5.54. The molecule has 0 fully saturated rings. The van der Waals surface area contributed by atoms with Gasteiger partial charge in [-0.2, -0.15) is 5.26 Å². The van der Waals surface area contributed by atoms with Gasteiger partial charge in [-0.05, 0) is 23.1 Å². The number of halogens is 1. The number of hydrogen-bond donors (Lipinski definition) is 2. The Hall–Kier alpha value is -2.19. The fourth-order valence-corrected chi connectivity index (χ4v) is 2.93. The van der Waals surface area contributed by atoms with Gasteiger partial charge in [-0.25, -0.2) is 4.79 Å². The number of aliphatic carboxylic acids is 1. The molecule has 1 unspecified atom stereocenters. The molecule has 0 saturated heterocycles. The number of nitriles is 1. The van der Waals surface area contributed by atoms with E-state index in [1.807, 2.05) is 20.8 Å². The molecule has 1 atom stereocenters. The topological polar surface area (TPSA) is 92.0 Å². The van der Waals surface area contributed by atoms with Gasteiger partial charge in [0.1, 0.15) is 6.04 Å². The molecule has 0 aliphatic rings. The molecule has 116 valence electrons. The maximum atomic E-state index is 11.8. The molecule has 1 aromatic carbocycles. The van der Waals surface area contributed by atoms with E-state index in [1.54, 1.807) is 22.9 Å². The minimum atomic E-state index is -0.929. The third kappa shape index (κ3) is 2.62. The van der Waals surface area contributed by atoms with Crippen molar-refractivity contribution in [2.24, 2.45) is 5.41 Å². The Kier molecular flexibility index (Phi) is 4.08. The Labute approximate surface area is 133 Å². The van der Waals surface area contributed by atoms with Crippen LogP contribution in [0.1, 0.15) is 32.4 Å². The summed E-state index contributed by atoms with van der Waals surface area (Å²) in [5.41, 5.74) is 7.28. The minimum absolute atomic E-state index is 0.143. The van der Waals surface area contributed by atoms with E-state index in [-0.39, 0.29) is 6.42 Å². The molecule has 5 nitrogen and oxygen atoms in total. The summed E-state index contributed by atoms with van der Waals surface area (Å²) in [5, 5.41) is 19.7. The number of fused-ring (bicyclic) bond motifs is 1. The van der Waals surface area contributed by atoms with E-state index < -0.39 is 17.4 Å². The lowest BCUT2D eigenvalue weighted by Gasteiger charge is -2.29. The third-order valence-corrected chi connectivity index (χ3v) is 4.00. The standard InChI is InChI=1S/C16H18ClN3O2/c1-16(2,3)14(15(21)22)20-8-9(6-7-18)12-11(20)5-4-10(17)13(12)19/h4-5,8,14H,6,19H2,1-3H3,(H,21,22). The molecule has 2 aromatic rings. The van der Waals surface area contributed by atoms with Crippen molar-refractivity contribution in [2.75, 3.05) is 5.73 Å². The summed E-state index contributed by atoms with van der Waals surface area (Å²) >= 11 is 6.07. The summed E-state index contributed by atoms with van der Waals surface area (Å²) in [6.45, 7) is 5.59. The van der Waals surface area contributed by atoms with Crippen molar-refractivity contribution < 1.29 is 9.90 Å². The third-order valence-electron chi connectivity index (χ3n) is 3.67. The van der Waals surface area contributed by atoms with Crippen LogP contribution in [0.4, 0.5) is 5.69 Å². The molecule has 6 heteroatoms. The number of nitrogen functional groups attached to an aromatic ring is 1. The Morgan fingerprint density at radius 2 is 2.14 bits per heavy atom. The highest BCUT2D eigenvalue weighted by Gasteiger charge is 2.34. The first-order valence-corrected chi connectivity index (χ1v) is 7.23. The molecule has 0 spiro atoms. The van der Waals surface area contributed by atoms with Crippen LogP contribution in [-0.4, -0.2) is 15.6 Å². The number of aromatic nitrogens is 1. The molecule has 2 rings (SSSR count). The summed E-state index contributed by atoms with van der Waals surface area (Å²) in [6.07, 6.45) is 1.84. The van der Waals surface area contributed by atoms with Crippen LogP contribution >= 0.6 is 11.6 Å². The van der Waals surface area contributed by atoms with Crippen LogP contribution in [0.15, 0.2) is 18.3 Å². The Morgan fingerprint density at radius 1 is 1.50 bits per heavy atom. The van der Waals surface area contributed by atoms with E-state index in [2.05, 4.69) is 6.07 Å². The highest BCUT2D eigenvalue weighted by atomic mass is 35.5. The average molecular weight is 320 g/mol. The van der Waals surface area contributed by atoms with Gasteiger partial charge in [0.2, 0.25) is 0 Å². The number of hydrogen-bond acceptors (Lipinski definition) is 3. The van der Waals surface area contributed by atoms with Crippen molar-refractivity contribution in [1.82, 2.24) is 4.57 Å². The van der Waals surface area contributed by atoms with Crippen LogP contribution < -0.4 is 5.73 Å². The van der Waals surface area contributed by atoms with Crippen molar-refractivity contribution in [3.63, 3.8) is 0 Å². The van der Waals surface area contributed by atoms with Crippen LogP contribution in [0.2, 0.25) is 5.02 Å². The first kappa shape index (κ1) is 16.2. The second-order valence-electron chi connectivity index (χ2n) is 6.36. The lowest BCUT2D eigenvalue weighted by Crippen LogP contribution is -2.31. The monoisotopic (exact) mass is 319 g/mol. The maximum Gasteiger partial charge on any atom is 0.327 e. The van der Waals surface area contributed by atoms with Gasteiger partial charge < -0.3 is 15.4 Å². The summed E-state index contributed by atoms with van der Waals surface area (Å²) in [6, 6.07) is 4.70. The number of nitrogens with zero attached hydrogens (tertiary/aromatic N) is 2. The first-order valence-electron chi connectivity index (χ1n) is 6.85. The van der Waals surface area contributed by atoms with Gasteiger partial charge in [-0.15, -0.1) is 0 Å². The number of carboxylic acids is 1. The summed E-state index contributed by atoms with van der Waals surface area (Å²) < 4.78 is 1.68.